The third-order valence-corrected chi connectivity index (χ3v) is 5.24. The maximum Gasteiger partial charge on any atom is 0.327 e. The first-order chi connectivity index (χ1) is 13.1. The highest BCUT2D eigenvalue weighted by Gasteiger charge is 2.26. The van der Waals surface area contributed by atoms with Gasteiger partial charge in [0.25, 0.3) is 0 Å². The fraction of sp³-hybridized carbons (Fsp3) is 0.300. The summed E-state index contributed by atoms with van der Waals surface area (Å²) in [6.07, 6.45) is -0.0438. The van der Waals surface area contributed by atoms with E-state index in [-0.39, 0.29) is 0 Å². The van der Waals surface area contributed by atoms with Crippen LogP contribution >= 0.6 is 0 Å². The van der Waals surface area contributed by atoms with Crippen molar-refractivity contribution in [1.82, 2.24) is 0 Å². The van der Waals surface area contributed by atoms with Gasteiger partial charge in [-0.25, -0.2) is 8.42 Å². The topological polar surface area (TPSA) is 90.0 Å². The molecule has 0 bridgehead atoms. The van der Waals surface area contributed by atoms with Crippen molar-refractivity contribution in [2.75, 3.05) is 24.2 Å². The van der Waals surface area contributed by atoms with Gasteiger partial charge in [-0.1, -0.05) is 18.2 Å². The van der Waals surface area contributed by atoms with Crippen LogP contribution in [0.5, 0.6) is 5.75 Å². The second-order valence-corrected chi connectivity index (χ2v) is 8.19. The van der Waals surface area contributed by atoms with Gasteiger partial charge in [-0.2, -0.15) is 0 Å². The Balaban J connectivity index is 2.11. The Morgan fingerprint density at radius 3 is 2.21 bits per heavy atom. The van der Waals surface area contributed by atoms with Crippen LogP contribution in [0.2, 0.25) is 0 Å². The van der Waals surface area contributed by atoms with Crippen LogP contribution in [0.4, 0.5) is 5.69 Å². The van der Waals surface area contributed by atoms with E-state index in [1.165, 1.54) is 14.0 Å². The number of sulfonamides is 1. The Labute approximate surface area is 164 Å². The zero-order valence-corrected chi connectivity index (χ0v) is 17.0. The monoisotopic (exact) mass is 405 g/mol. The summed E-state index contributed by atoms with van der Waals surface area (Å²) in [4.78, 5) is 24.8. The zero-order valence-electron chi connectivity index (χ0n) is 16.2. The van der Waals surface area contributed by atoms with Crippen LogP contribution in [0.1, 0.15) is 22.8 Å². The van der Waals surface area contributed by atoms with E-state index in [1.54, 1.807) is 55.5 Å². The van der Waals surface area contributed by atoms with Crippen molar-refractivity contribution in [2.24, 2.45) is 0 Å². The number of methoxy groups -OCH3 is 1. The maximum atomic E-state index is 12.4. The van der Waals surface area contributed by atoms with Gasteiger partial charge in [0.15, 0.2) is 6.10 Å². The van der Waals surface area contributed by atoms with E-state index in [2.05, 4.69) is 0 Å². The lowest BCUT2D eigenvalue weighted by atomic mass is 10.1. The summed E-state index contributed by atoms with van der Waals surface area (Å²) in [7, 11) is -2.20. The van der Waals surface area contributed by atoms with Crippen molar-refractivity contribution in [2.45, 2.75) is 20.0 Å². The van der Waals surface area contributed by atoms with Crippen molar-refractivity contribution in [3.8, 4) is 5.75 Å². The highest BCUT2D eigenvalue weighted by atomic mass is 32.2. The van der Waals surface area contributed by atoms with Gasteiger partial charge in [-0.3, -0.25) is 13.9 Å². The fourth-order valence-corrected chi connectivity index (χ4v) is 3.52. The Kier molecular flexibility index (Phi) is 6.80. The quantitative estimate of drug-likeness (QED) is 0.495. The highest BCUT2D eigenvalue weighted by Crippen LogP contribution is 2.22. The van der Waals surface area contributed by atoms with E-state index < -0.39 is 34.4 Å². The van der Waals surface area contributed by atoms with E-state index in [0.717, 1.165) is 10.6 Å². The molecule has 28 heavy (non-hydrogen) atoms. The molecule has 0 saturated heterocycles. The van der Waals surface area contributed by atoms with Crippen LogP contribution in [0.25, 0.3) is 0 Å². The first-order valence-electron chi connectivity index (χ1n) is 8.54. The smallest absolute Gasteiger partial charge is 0.327 e. The number of carbonyl (C=O) groups is 2. The Bertz CT molecular complexity index is 953. The average Bonchev–Trinajstić information content (AvgIpc) is 2.65. The first-order valence-corrected chi connectivity index (χ1v) is 10.4. The predicted molar refractivity (Wildman–Crippen MR) is 106 cm³/mol. The van der Waals surface area contributed by atoms with Crippen LogP contribution in [0.3, 0.4) is 0 Å². The second-order valence-electron chi connectivity index (χ2n) is 6.28. The van der Waals surface area contributed by atoms with Crippen LogP contribution in [-0.2, 0) is 19.6 Å². The zero-order chi connectivity index (χ0) is 20.9. The number of rotatable bonds is 8. The molecular formula is C20H23NO6S. The molecule has 0 amide bonds. The van der Waals surface area contributed by atoms with Gasteiger partial charge in [-0.15, -0.1) is 0 Å². The minimum atomic E-state index is -3.72. The number of anilines is 1. The Morgan fingerprint density at radius 1 is 1.07 bits per heavy atom. The summed E-state index contributed by atoms with van der Waals surface area (Å²) in [6, 6.07) is 13.2. The van der Waals surface area contributed by atoms with Crippen LogP contribution in [0, 0.1) is 6.92 Å². The SMILES string of the molecule is COc1ccc(C(=O)[C@@H](C)OC(=O)CN(c2ccccc2C)S(C)(=O)=O)cc1. The van der Waals surface area contributed by atoms with Gasteiger partial charge in [0.1, 0.15) is 12.3 Å². The molecule has 0 aliphatic rings. The number of ketones is 1. The molecule has 1 atom stereocenters. The van der Waals surface area contributed by atoms with Gasteiger partial charge < -0.3 is 9.47 Å². The van der Waals surface area contributed by atoms with E-state index in [0.29, 0.717) is 22.6 Å². The van der Waals surface area contributed by atoms with Gasteiger partial charge in [0.2, 0.25) is 15.8 Å². The number of hydrogen-bond acceptors (Lipinski definition) is 6. The number of nitrogens with zero attached hydrogens (tertiary/aromatic N) is 1. The molecule has 0 radical (unpaired) electrons. The maximum absolute atomic E-state index is 12.4. The lowest BCUT2D eigenvalue weighted by Gasteiger charge is -2.24. The minimum absolute atomic E-state index is 0.361. The largest absolute Gasteiger partial charge is 0.497 e. The molecule has 7 nitrogen and oxygen atoms in total. The molecule has 8 heteroatoms. The Morgan fingerprint density at radius 2 is 1.68 bits per heavy atom. The number of esters is 1. The minimum Gasteiger partial charge on any atom is -0.497 e. The molecule has 150 valence electrons. The van der Waals surface area contributed by atoms with E-state index in [1.807, 2.05) is 0 Å². The lowest BCUT2D eigenvalue weighted by molar-refractivity contribution is -0.144. The molecule has 2 aromatic carbocycles. The first kappa shape index (κ1) is 21.4. The summed E-state index contributed by atoms with van der Waals surface area (Å²) < 4.78 is 35.5. The molecule has 2 aromatic rings. The molecule has 0 heterocycles. The predicted octanol–water partition coefficient (Wildman–Crippen LogP) is 2.58. The van der Waals surface area contributed by atoms with Crippen LogP contribution in [0.15, 0.2) is 48.5 Å². The lowest BCUT2D eigenvalue weighted by Crippen LogP contribution is -2.38. The number of Topliss-reactive ketones (excluding diaryl/α,β-unsaturated/α-hetero) is 1. The average molecular weight is 405 g/mol. The molecule has 0 aliphatic heterocycles. The molecule has 0 aromatic heterocycles. The van der Waals surface area contributed by atoms with Crippen molar-refractivity contribution in [3.63, 3.8) is 0 Å². The van der Waals surface area contributed by atoms with Crippen molar-refractivity contribution >= 4 is 27.5 Å². The standard InChI is InChI=1S/C20H23NO6S/c1-14-7-5-6-8-18(14)21(28(4,24)25)13-19(22)27-15(2)20(23)16-9-11-17(26-3)12-10-16/h5-12,15H,13H2,1-4H3/t15-/m1/s1. The normalized spacial score (nSPS) is 12.1. The third-order valence-electron chi connectivity index (χ3n) is 4.11. The molecule has 0 unspecified atom stereocenters. The van der Waals surface area contributed by atoms with Crippen molar-refractivity contribution in [1.29, 1.82) is 0 Å². The number of aryl methyl sites for hydroxylation is 1. The number of ether oxygens (including phenoxy) is 2. The van der Waals surface area contributed by atoms with Gasteiger partial charge >= 0.3 is 5.97 Å². The number of carbonyl (C=O) groups excluding carboxylic acids is 2. The molecule has 0 aliphatic carbocycles. The van der Waals surface area contributed by atoms with Gasteiger partial charge in [-0.05, 0) is 49.7 Å². The molecule has 0 spiro atoms. The molecule has 0 fully saturated rings. The summed E-state index contributed by atoms with van der Waals surface area (Å²) in [5.41, 5.74) is 1.44. The van der Waals surface area contributed by atoms with E-state index >= 15 is 0 Å². The third kappa shape index (κ3) is 5.32. The van der Waals surface area contributed by atoms with Gasteiger partial charge in [0.05, 0.1) is 19.1 Å². The Hall–Kier alpha value is -2.87. The number of para-hydroxylation sites is 1. The summed E-state index contributed by atoms with van der Waals surface area (Å²) in [5, 5.41) is 0. The van der Waals surface area contributed by atoms with Crippen molar-refractivity contribution < 1.29 is 27.5 Å². The summed E-state index contributed by atoms with van der Waals surface area (Å²) in [5.74, 6) is -0.607. The molecule has 2 rings (SSSR count). The molecule has 0 saturated carbocycles. The van der Waals surface area contributed by atoms with Crippen LogP contribution < -0.4 is 9.04 Å². The number of hydrogen-bond donors (Lipinski definition) is 0. The molecular weight excluding hydrogens is 382 g/mol. The fourth-order valence-electron chi connectivity index (χ4n) is 2.62. The summed E-state index contributed by atoms with van der Waals surface area (Å²) >= 11 is 0. The van der Waals surface area contributed by atoms with E-state index in [4.69, 9.17) is 9.47 Å². The summed E-state index contributed by atoms with van der Waals surface area (Å²) in [6.45, 7) is 2.67. The van der Waals surface area contributed by atoms with Gasteiger partial charge in [0, 0.05) is 5.56 Å². The number of benzene rings is 2. The molecule has 0 N–H and O–H groups in total. The van der Waals surface area contributed by atoms with E-state index in [9.17, 15) is 18.0 Å². The van der Waals surface area contributed by atoms with Crippen LogP contribution in [-0.4, -0.2) is 46.2 Å². The van der Waals surface area contributed by atoms with Crippen molar-refractivity contribution in [3.05, 3.63) is 59.7 Å². The highest BCUT2D eigenvalue weighted by molar-refractivity contribution is 7.92. The second kappa shape index (κ2) is 8.88.